The lowest BCUT2D eigenvalue weighted by atomic mass is 10.1. The quantitative estimate of drug-likeness (QED) is 0.758. The zero-order valence-corrected chi connectivity index (χ0v) is 12.5. The van der Waals surface area contributed by atoms with Crippen LogP contribution in [0.4, 0.5) is 0 Å². The number of pyridine rings is 1. The van der Waals surface area contributed by atoms with Crippen LogP contribution in [0.3, 0.4) is 0 Å². The Balaban J connectivity index is 1.86. The third-order valence-electron chi connectivity index (χ3n) is 3.09. The predicted octanol–water partition coefficient (Wildman–Crippen LogP) is 1.45. The molecule has 0 spiro atoms. The minimum atomic E-state index is -3.49. The molecule has 2 rings (SSSR count). The van der Waals surface area contributed by atoms with Gasteiger partial charge in [-0.05, 0) is 30.5 Å². The van der Waals surface area contributed by atoms with Crippen LogP contribution in [0.1, 0.15) is 17.7 Å². The molecule has 0 bridgehead atoms. The highest BCUT2D eigenvalue weighted by molar-refractivity contribution is 7.89. The van der Waals surface area contributed by atoms with Crippen molar-refractivity contribution < 1.29 is 8.42 Å². The molecule has 1 heterocycles. The Labute approximate surface area is 125 Å². The molecule has 3 N–H and O–H groups in total. The van der Waals surface area contributed by atoms with Crippen molar-refractivity contribution >= 4 is 10.0 Å². The number of sulfonamides is 1. The van der Waals surface area contributed by atoms with E-state index in [0.717, 1.165) is 12.8 Å². The lowest BCUT2D eigenvalue weighted by Crippen LogP contribution is -2.25. The van der Waals surface area contributed by atoms with Crippen molar-refractivity contribution in [3.8, 4) is 0 Å². The number of nitrogens with one attached hydrogen (secondary N) is 1. The number of benzene rings is 1. The standard InChI is InChI=1S/C15H19N3O2S/c16-11-14-8-9-15(12-17-14)21(19,20)18-10-4-7-13-5-2-1-3-6-13/h1-3,5-6,8-9,12,18H,4,7,10-11,16H2. The van der Waals surface area contributed by atoms with E-state index in [4.69, 9.17) is 5.73 Å². The maximum absolute atomic E-state index is 12.1. The van der Waals surface area contributed by atoms with E-state index >= 15 is 0 Å². The molecule has 5 nitrogen and oxygen atoms in total. The van der Waals surface area contributed by atoms with Gasteiger partial charge in [0.05, 0.1) is 5.69 Å². The smallest absolute Gasteiger partial charge is 0.242 e. The Morgan fingerprint density at radius 1 is 1.10 bits per heavy atom. The number of nitrogens with two attached hydrogens (primary N) is 1. The number of hydrogen-bond donors (Lipinski definition) is 2. The molecule has 0 amide bonds. The monoisotopic (exact) mass is 305 g/mol. The van der Waals surface area contributed by atoms with Gasteiger partial charge in [0.25, 0.3) is 0 Å². The largest absolute Gasteiger partial charge is 0.325 e. The maximum Gasteiger partial charge on any atom is 0.242 e. The zero-order valence-electron chi connectivity index (χ0n) is 11.7. The Bertz CT molecular complexity index is 655. The van der Waals surface area contributed by atoms with Crippen molar-refractivity contribution in [3.05, 3.63) is 59.9 Å². The molecular formula is C15H19N3O2S. The molecule has 0 aliphatic heterocycles. The zero-order chi connectivity index (χ0) is 15.1. The average molecular weight is 305 g/mol. The number of nitrogens with zero attached hydrogens (tertiary/aromatic N) is 1. The summed E-state index contributed by atoms with van der Waals surface area (Å²) in [6, 6.07) is 13.1. The van der Waals surface area contributed by atoms with Crippen LogP contribution >= 0.6 is 0 Å². The van der Waals surface area contributed by atoms with Gasteiger partial charge in [0, 0.05) is 19.3 Å². The van der Waals surface area contributed by atoms with Gasteiger partial charge in [-0.3, -0.25) is 4.98 Å². The third-order valence-corrected chi connectivity index (χ3v) is 4.54. The van der Waals surface area contributed by atoms with E-state index in [0.29, 0.717) is 18.8 Å². The van der Waals surface area contributed by atoms with Crippen molar-refractivity contribution in [2.45, 2.75) is 24.3 Å². The summed E-state index contributed by atoms with van der Waals surface area (Å²) < 4.78 is 26.7. The lowest BCUT2D eigenvalue weighted by molar-refractivity contribution is 0.578. The van der Waals surface area contributed by atoms with Crippen LogP contribution in [0.15, 0.2) is 53.6 Å². The second-order valence-electron chi connectivity index (χ2n) is 4.68. The van der Waals surface area contributed by atoms with Crippen molar-refractivity contribution in [3.63, 3.8) is 0 Å². The summed E-state index contributed by atoms with van der Waals surface area (Å²) in [6.07, 6.45) is 2.92. The minimum absolute atomic E-state index is 0.166. The summed E-state index contributed by atoms with van der Waals surface area (Å²) in [5.74, 6) is 0. The van der Waals surface area contributed by atoms with E-state index in [1.54, 1.807) is 6.07 Å². The summed E-state index contributed by atoms with van der Waals surface area (Å²) in [5, 5.41) is 0. The molecule has 0 fully saturated rings. The highest BCUT2D eigenvalue weighted by Gasteiger charge is 2.13. The number of aryl methyl sites for hydroxylation is 1. The molecule has 21 heavy (non-hydrogen) atoms. The first-order valence-electron chi connectivity index (χ1n) is 6.80. The summed E-state index contributed by atoms with van der Waals surface area (Å²) >= 11 is 0. The van der Waals surface area contributed by atoms with Gasteiger partial charge >= 0.3 is 0 Å². The van der Waals surface area contributed by atoms with Crippen molar-refractivity contribution in [1.29, 1.82) is 0 Å². The van der Waals surface area contributed by atoms with Crippen LogP contribution in [0.25, 0.3) is 0 Å². The van der Waals surface area contributed by atoms with Crippen LogP contribution < -0.4 is 10.5 Å². The molecule has 0 atom stereocenters. The van der Waals surface area contributed by atoms with Gasteiger partial charge in [0.15, 0.2) is 0 Å². The van der Waals surface area contributed by atoms with Gasteiger partial charge < -0.3 is 5.73 Å². The van der Waals surface area contributed by atoms with Crippen molar-refractivity contribution in [2.75, 3.05) is 6.54 Å². The fourth-order valence-electron chi connectivity index (χ4n) is 1.92. The fraction of sp³-hybridized carbons (Fsp3) is 0.267. The molecule has 0 saturated carbocycles. The second-order valence-corrected chi connectivity index (χ2v) is 6.44. The predicted molar refractivity (Wildman–Crippen MR) is 82.1 cm³/mol. The first-order valence-corrected chi connectivity index (χ1v) is 8.29. The Kier molecular flexibility index (Phi) is 5.44. The first kappa shape index (κ1) is 15.6. The van der Waals surface area contributed by atoms with Gasteiger partial charge in [-0.2, -0.15) is 0 Å². The van der Waals surface area contributed by atoms with E-state index < -0.39 is 10.0 Å². The Morgan fingerprint density at radius 2 is 1.86 bits per heavy atom. The highest BCUT2D eigenvalue weighted by atomic mass is 32.2. The Morgan fingerprint density at radius 3 is 2.48 bits per heavy atom. The molecule has 0 unspecified atom stereocenters. The maximum atomic E-state index is 12.1. The Hall–Kier alpha value is -1.76. The van der Waals surface area contributed by atoms with Gasteiger partial charge in [-0.1, -0.05) is 30.3 Å². The van der Waals surface area contributed by atoms with Crippen molar-refractivity contribution in [1.82, 2.24) is 9.71 Å². The van der Waals surface area contributed by atoms with Gasteiger partial charge in [-0.15, -0.1) is 0 Å². The van der Waals surface area contributed by atoms with E-state index in [9.17, 15) is 8.42 Å². The van der Waals surface area contributed by atoms with Crippen LogP contribution in [-0.2, 0) is 23.0 Å². The summed E-state index contributed by atoms with van der Waals surface area (Å²) in [4.78, 5) is 4.16. The molecule has 0 radical (unpaired) electrons. The van der Waals surface area contributed by atoms with Crippen LogP contribution in [-0.4, -0.2) is 19.9 Å². The third kappa shape index (κ3) is 4.63. The number of rotatable bonds is 7. The van der Waals surface area contributed by atoms with E-state index in [-0.39, 0.29) is 4.90 Å². The van der Waals surface area contributed by atoms with Crippen LogP contribution in [0.5, 0.6) is 0 Å². The molecule has 0 aliphatic carbocycles. The summed E-state index contributed by atoms with van der Waals surface area (Å²) in [7, 11) is -3.49. The summed E-state index contributed by atoms with van der Waals surface area (Å²) in [5.41, 5.74) is 7.30. The molecule has 112 valence electrons. The molecule has 6 heteroatoms. The average Bonchev–Trinajstić information content (AvgIpc) is 2.53. The lowest BCUT2D eigenvalue weighted by Gasteiger charge is -2.07. The van der Waals surface area contributed by atoms with Gasteiger partial charge in [0.2, 0.25) is 10.0 Å². The van der Waals surface area contributed by atoms with Crippen molar-refractivity contribution in [2.24, 2.45) is 5.73 Å². The molecule has 1 aromatic heterocycles. The molecule has 2 aromatic rings. The second kappa shape index (κ2) is 7.31. The van der Waals surface area contributed by atoms with E-state index in [2.05, 4.69) is 9.71 Å². The van der Waals surface area contributed by atoms with Gasteiger partial charge in [-0.25, -0.2) is 13.1 Å². The first-order chi connectivity index (χ1) is 10.1. The van der Waals surface area contributed by atoms with E-state index in [1.807, 2.05) is 30.3 Å². The van der Waals surface area contributed by atoms with Gasteiger partial charge in [0.1, 0.15) is 4.90 Å². The molecule has 0 saturated heterocycles. The molecule has 0 aliphatic rings. The van der Waals surface area contributed by atoms with E-state index in [1.165, 1.54) is 17.8 Å². The number of aromatic nitrogens is 1. The minimum Gasteiger partial charge on any atom is -0.325 e. The highest BCUT2D eigenvalue weighted by Crippen LogP contribution is 2.08. The van der Waals surface area contributed by atoms with Crippen LogP contribution in [0, 0.1) is 0 Å². The van der Waals surface area contributed by atoms with Crippen LogP contribution in [0.2, 0.25) is 0 Å². The normalized spacial score (nSPS) is 11.5. The summed E-state index contributed by atoms with van der Waals surface area (Å²) in [6.45, 7) is 0.695. The number of hydrogen-bond acceptors (Lipinski definition) is 4. The molecular weight excluding hydrogens is 286 g/mol. The molecule has 1 aromatic carbocycles. The topological polar surface area (TPSA) is 85.1 Å². The fourth-order valence-corrected chi connectivity index (χ4v) is 2.94. The SMILES string of the molecule is NCc1ccc(S(=O)(=O)NCCCc2ccccc2)cn1.